The number of hydrogen-bond donors (Lipinski definition) is 2. The van der Waals surface area contributed by atoms with Gasteiger partial charge in [0.1, 0.15) is 0 Å². The molecule has 0 saturated carbocycles. The number of amides is 1. The summed E-state index contributed by atoms with van der Waals surface area (Å²) in [5.41, 5.74) is 1.13. The minimum absolute atomic E-state index is 0.0453. The molecule has 0 radical (unpaired) electrons. The first kappa shape index (κ1) is 11.1. The van der Waals surface area contributed by atoms with Gasteiger partial charge in [-0.3, -0.25) is 9.48 Å². The van der Waals surface area contributed by atoms with E-state index in [4.69, 9.17) is 0 Å². The molecule has 14 heavy (non-hydrogen) atoms. The molecule has 0 aliphatic heterocycles. The highest BCUT2D eigenvalue weighted by Gasteiger charge is 1.98. The molecule has 0 aliphatic carbocycles. The zero-order valence-electron chi connectivity index (χ0n) is 8.23. The van der Waals surface area contributed by atoms with E-state index in [-0.39, 0.29) is 5.91 Å². The topological polar surface area (TPSA) is 46.9 Å². The first-order valence-electron chi connectivity index (χ1n) is 4.59. The number of aryl methyl sites for hydroxylation is 1. The van der Waals surface area contributed by atoms with E-state index in [0.29, 0.717) is 25.3 Å². The van der Waals surface area contributed by atoms with Crippen molar-refractivity contribution in [1.29, 1.82) is 0 Å². The Bertz CT molecular complexity index is 298. The van der Waals surface area contributed by atoms with Crippen molar-refractivity contribution in [3.8, 4) is 0 Å². The summed E-state index contributed by atoms with van der Waals surface area (Å²) in [5, 5.41) is 6.90. The van der Waals surface area contributed by atoms with Gasteiger partial charge in [-0.15, -0.1) is 0 Å². The highest BCUT2D eigenvalue weighted by molar-refractivity contribution is 7.80. The number of carbonyl (C=O) groups excluding carboxylic acids is 1. The second-order valence-electron chi connectivity index (χ2n) is 3.10. The third-order valence-electron chi connectivity index (χ3n) is 1.76. The number of thiol groups is 1. The molecule has 0 bridgehead atoms. The molecule has 0 aromatic carbocycles. The van der Waals surface area contributed by atoms with Crippen molar-refractivity contribution in [1.82, 2.24) is 15.1 Å². The van der Waals surface area contributed by atoms with Gasteiger partial charge in [-0.1, -0.05) is 0 Å². The van der Waals surface area contributed by atoms with Crippen molar-refractivity contribution in [2.45, 2.75) is 19.9 Å². The Labute approximate surface area is 89.1 Å². The van der Waals surface area contributed by atoms with Crippen molar-refractivity contribution in [3.63, 3.8) is 0 Å². The third kappa shape index (κ3) is 3.83. The van der Waals surface area contributed by atoms with Crippen LogP contribution in [0.15, 0.2) is 12.4 Å². The Hall–Kier alpha value is -0.970. The summed E-state index contributed by atoms with van der Waals surface area (Å²) < 4.78 is 1.82. The molecule has 0 unspecified atom stereocenters. The predicted octanol–water partition coefficient (Wildman–Crippen LogP) is 0.628. The quantitative estimate of drug-likeness (QED) is 0.705. The molecule has 0 aliphatic rings. The fourth-order valence-electron chi connectivity index (χ4n) is 1.09. The van der Waals surface area contributed by atoms with E-state index in [1.807, 2.05) is 17.8 Å². The Morgan fingerprint density at radius 3 is 3.07 bits per heavy atom. The largest absolute Gasteiger partial charge is 0.354 e. The highest BCUT2D eigenvalue weighted by Crippen LogP contribution is 1.93. The summed E-state index contributed by atoms with van der Waals surface area (Å²) in [6, 6.07) is 0. The summed E-state index contributed by atoms with van der Waals surface area (Å²) in [7, 11) is 0. The van der Waals surface area contributed by atoms with Crippen LogP contribution in [0.2, 0.25) is 0 Å². The molecule has 0 fully saturated rings. The van der Waals surface area contributed by atoms with E-state index in [9.17, 15) is 4.79 Å². The fraction of sp³-hybridized carbons (Fsp3) is 0.556. The van der Waals surface area contributed by atoms with Crippen molar-refractivity contribution in [3.05, 3.63) is 18.0 Å². The van der Waals surface area contributed by atoms with E-state index in [1.165, 1.54) is 0 Å². The molecule has 4 nitrogen and oxygen atoms in total. The van der Waals surface area contributed by atoms with Crippen molar-refractivity contribution < 1.29 is 4.79 Å². The second kappa shape index (κ2) is 5.70. The lowest BCUT2D eigenvalue weighted by atomic mass is 10.4. The molecule has 5 heteroatoms. The second-order valence-corrected chi connectivity index (χ2v) is 3.55. The molecule has 78 valence electrons. The van der Waals surface area contributed by atoms with Gasteiger partial charge in [0.25, 0.3) is 0 Å². The molecule has 1 aromatic rings. The average molecular weight is 213 g/mol. The molecule has 1 aromatic heterocycles. The Morgan fingerprint density at radius 1 is 1.71 bits per heavy atom. The van der Waals surface area contributed by atoms with Crippen LogP contribution in [-0.2, 0) is 11.3 Å². The molecule has 0 atom stereocenters. The highest BCUT2D eigenvalue weighted by atomic mass is 32.1. The van der Waals surface area contributed by atoms with Gasteiger partial charge in [0.05, 0.1) is 12.7 Å². The van der Waals surface area contributed by atoms with Gasteiger partial charge in [0.2, 0.25) is 5.91 Å². The smallest absolute Gasteiger partial charge is 0.220 e. The SMILES string of the molecule is Cc1cnn(CCNC(=O)CCS)c1. The van der Waals surface area contributed by atoms with E-state index in [1.54, 1.807) is 6.20 Å². The maximum atomic E-state index is 11.0. The summed E-state index contributed by atoms with van der Waals surface area (Å²) in [6.07, 6.45) is 4.22. The number of rotatable bonds is 5. The van der Waals surface area contributed by atoms with E-state index in [2.05, 4.69) is 23.0 Å². The maximum Gasteiger partial charge on any atom is 0.220 e. The van der Waals surface area contributed by atoms with Crippen molar-refractivity contribution >= 4 is 18.5 Å². The lowest BCUT2D eigenvalue weighted by Gasteiger charge is -2.03. The van der Waals surface area contributed by atoms with Crippen LogP contribution in [0.1, 0.15) is 12.0 Å². The van der Waals surface area contributed by atoms with Gasteiger partial charge in [0.15, 0.2) is 0 Å². The Balaban J connectivity index is 2.18. The third-order valence-corrected chi connectivity index (χ3v) is 1.99. The summed E-state index contributed by atoms with van der Waals surface area (Å²) >= 11 is 3.98. The van der Waals surface area contributed by atoms with Crippen LogP contribution in [0.5, 0.6) is 0 Å². The van der Waals surface area contributed by atoms with Gasteiger partial charge in [-0.2, -0.15) is 17.7 Å². The molecular weight excluding hydrogens is 198 g/mol. The van der Waals surface area contributed by atoms with Gasteiger partial charge < -0.3 is 5.32 Å². The van der Waals surface area contributed by atoms with Crippen LogP contribution in [-0.4, -0.2) is 28.0 Å². The van der Waals surface area contributed by atoms with Gasteiger partial charge in [-0.25, -0.2) is 0 Å². The van der Waals surface area contributed by atoms with Crippen molar-refractivity contribution in [2.75, 3.05) is 12.3 Å². The first-order chi connectivity index (χ1) is 6.72. The van der Waals surface area contributed by atoms with Gasteiger partial charge >= 0.3 is 0 Å². The number of aromatic nitrogens is 2. The van der Waals surface area contributed by atoms with Crippen LogP contribution < -0.4 is 5.32 Å². The number of carbonyl (C=O) groups is 1. The molecule has 0 spiro atoms. The monoisotopic (exact) mass is 213 g/mol. The van der Waals surface area contributed by atoms with E-state index in [0.717, 1.165) is 5.56 Å². The Morgan fingerprint density at radius 2 is 2.50 bits per heavy atom. The van der Waals surface area contributed by atoms with Crippen LogP contribution in [0.4, 0.5) is 0 Å². The van der Waals surface area contributed by atoms with Crippen LogP contribution in [0, 0.1) is 6.92 Å². The minimum Gasteiger partial charge on any atom is -0.354 e. The standard InChI is InChI=1S/C9H15N3OS/c1-8-6-11-12(7-8)4-3-10-9(13)2-5-14/h6-7,14H,2-5H2,1H3,(H,10,13). The van der Waals surface area contributed by atoms with E-state index >= 15 is 0 Å². The van der Waals surface area contributed by atoms with Crippen LogP contribution in [0.3, 0.4) is 0 Å². The number of nitrogens with zero attached hydrogens (tertiary/aromatic N) is 2. The predicted molar refractivity (Wildman–Crippen MR) is 58.4 cm³/mol. The molecular formula is C9H15N3OS. The van der Waals surface area contributed by atoms with Gasteiger partial charge in [0, 0.05) is 19.2 Å². The molecule has 1 rings (SSSR count). The average Bonchev–Trinajstić information content (AvgIpc) is 2.52. The van der Waals surface area contributed by atoms with Crippen LogP contribution in [0.25, 0.3) is 0 Å². The van der Waals surface area contributed by atoms with Gasteiger partial charge in [-0.05, 0) is 18.2 Å². The van der Waals surface area contributed by atoms with Crippen LogP contribution >= 0.6 is 12.6 Å². The zero-order chi connectivity index (χ0) is 10.4. The van der Waals surface area contributed by atoms with Crippen molar-refractivity contribution in [2.24, 2.45) is 0 Å². The Kier molecular flexibility index (Phi) is 4.52. The summed E-state index contributed by atoms with van der Waals surface area (Å²) in [6.45, 7) is 3.32. The normalized spacial score (nSPS) is 10.1. The number of hydrogen-bond acceptors (Lipinski definition) is 3. The minimum atomic E-state index is 0.0453. The fourth-order valence-corrected chi connectivity index (χ4v) is 1.29. The molecule has 0 saturated heterocycles. The molecule has 1 N–H and O–H groups in total. The number of nitrogens with one attached hydrogen (secondary N) is 1. The lowest BCUT2D eigenvalue weighted by molar-refractivity contribution is -0.120. The molecule has 1 amide bonds. The van der Waals surface area contributed by atoms with E-state index < -0.39 is 0 Å². The lowest BCUT2D eigenvalue weighted by Crippen LogP contribution is -2.27. The summed E-state index contributed by atoms with van der Waals surface area (Å²) in [4.78, 5) is 11.0. The molecule has 1 heterocycles. The summed E-state index contributed by atoms with van der Waals surface area (Å²) in [5.74, 6) is 0.635. The first-order valence-corrected chi connectivity index (χ1v) is 5.22. The maximum absolute atomic E-state index is 11.0. The zero-order valence-corrected chi connectivity index (χ0v) is 9.13.